The summed E-state index contributed by atoms with van der Waals surface area (Å²) in [4.78, 5) is 5.48. The third-order valence-electron chi connectivity index (χ3n) is 4.67. The first-order valence-electron chi connectivity index (χ1n) is 8.73. The van der Waals surface area contributed by atoms with Crippen molar-refractivity contribution in [2.24, 2.45) is 0 Å². The molecule has 27 heavy (non-hydrogen) atoms. The highest BCUT2D eigenvalue weighted by molar-refractivity contribution is 7.89. The third-order valence-corrected chi connectivity index (χ3v) is 6.62. The van der Waals surface area contributed by atoms with E-state index < -0.39 is 26.6 Å². The van der Waals surface area contributed by atoms with Crippen LogP contribution in [0.4, 0.5) is 8.78 Å². The van der Waals surface area contributed by atoms with Crippen molar-refractivity contribution in [2.45, 2.75) is 37.6 Å². The molecule has 1 saturated heterocycles. The maximum absolute atomic E-state index is 13.9. The van der Waals surface area contributed by atoms with Gasteiger partial charge in [0.25, 0.3) is 0 Å². The molecule has 1 aliphatic rings. The zero-order valence-corrected chi connectivity index (χ0v) is 16.2. The summed E-state index contributed by atoms with van der Waals surface area (Å²) in [5, 5.41) is 3.94. The van der Waals surface area contributed by atoms with Gasteiger partial charge in [0.2, 0.25) is 15.9 Å². The summed E-state index contributed by atoms with van der Waals surface area (Å²) in [5.74, 6) is -0.939. The van der Waals surface area contributed by atoms with Crippen molar-refractivity contribution >= 4 is 10.0 Å². The summed E-state index contributed by atoms with van der Waals surface area (Å²) in [7, 11) is -4.24. The van der Waals surface area contributed by atoms with E-state index in [1.54, 1.807) is 0 Å². The number of hydrogen-bond donors (Lipinski definition) is 0. The van der Waals surface area contributed by atoms with E-state index in [2.05, 4.69) is 10.1 Å². The Kier molecular flexibility index (Phi) is 5.59. The Hall–Kier alpha value is -1.91. The van der Waals surface area contributed by atoms with E-state index in [1.807, 2.05) is 25.7 Å². The topological polar surface area (TPSA) is 79.5 Å². The number of piperazine rings is 1. The van der Waals surface area contributed by atoms with Crippen molar-refractivity contribution in [3.8, 4) is 0 Å². The Morgan fingerprint density at radius 2 is 1.67 bits per heavy atom. The van der Waals surface area contributed by atoms with Crippen molar-refractivity contribution in [3.05, 3.63) is 41.5 Å². The lowest BCUT2D eigenvalue weighted by molar-refractivity contribution is 0.124. The minimum atomic E-state index is -4.24. The number of halogens is 2. The highest BCUT2D eigenvalue weighted by Gasteiger charge is 2.35. The molecule has 0 aliphatic carbocycles. The van der Waals surface area contributed by atoms with Crippen molar-refractivity contribution in [1.29, 1.82) is 0 Å². The maximum atomic E-state index is 13.9. The standard InChI is InChI=1S/C17H22F2N4O3S/c1-11(2)16-20-17(26-21-16)12(3)22-7-9-23(10-8-22)27(24,25)15-13(18)5-4-6-14(15)19/h4-6,11-12H,7-10H2,1-3H3. The van der Waals surface area contributed by atoms with Crippen molar-refractivity contribution in [1.82, 2.24) is 19.3 Å². The molecule has 2 aromatic rings. The number of benzene rings is 1. The zero-order valence-electron chi connectivity index (χ0n) is 15.4. The molecule has 148 valence electrons. The van der Waals surface area contributed by atoms with Gasteiger partial charge in [-0.05, 0) is 19.1 Å². The first-order chi connectivity index (χ1) is 12.7. The lowest BCUT2D eigenvalue weighted by Gasteiger charge is -2.36. The number of hydrogen-bond acceptors (Lipinski definition) is 6. The molecule has 0 bridgehead atoms. The van der Waals surface area contributed by atoms with Gasteiger partial charge in [0.15, 0.2) is 10.7 Å². The van der Waals surface area contributed by atoms with E-state index in [9.17, 15) is 17.2 Å². The van der Waals surface area contributed by atoms with E-state index in [-0.39, 0.29) is 25.0 Å². The third kappa shape index (κ3) is 3.87. The molecule has 1 unspecified atom stereocenters. The summed E-state index contributed by atoms with van der Waals surface area (Å²) < 4.78 is 59.5. The van der Waals surface area contributed by atoms with Crippen LogP contribution in [0.2, 0.25) is 0 Å². The first kappa shape index (κ1) is 19.8. The van der Waals surface area contributed by atoms with Crippen LogP contribution in [0, 0.1) is 11.6 Å². The molecule has 1 aromatic carbocycles. The van der Waals surface area contributed by atoms with Gasteiger partial charge in [0, 0.05) is 32.1 Å². The van der Waals surface area contributed by atoms with Crippen molar-refractivity contribution < 1.29 is 21.7 Å². The van der Waals surface area contributed by atoms with Crippen LogP contribution in [0.3, 0.4) is 0 Å². The second kappa shape index (κ2) is 7.61. The highest BCUT2D eigenvalue weighted by Crippen LogP contribution is 2.26. The molecule has 1 aromatic heterocycles. The Bertz CT molecular complexity index is 888. The normalized spacial score (nSPS) is 18.1. The van der Waals surface area contributed by atoms with Gasteiger partial charge in [-0.15, -0.1) is 0 Å². The summed E-state index contributed by atoms with van der Waals surface area (Å²) in [6.45, 7) is 6.83. The molecule has 1 aliphatic heterocycles. The zero-order chi connectivity index (χ0) is 19.8. The molecule has 2 heterocycles. The fourth-order valence-electron chi connectivity index (χ4n) is 3.00. The van der Waals surface area contributed by atoms with Gasteiger partial charge in [-0.2, -0.15) is 9.29 Å². The fourth-order valence-corrected chi connectivity index (χ4v) is 4.53. The van der Waals surface area contributed by atoms with Crippen molar-refractivity contribution in [2.75, 3.05) is 26.2 Å². The van der Waals surface area contributed by atoms with Crippen LogP contribution in [0.5, 0.6) is 0 Å². The molecule has 0 N–H and O–H groups in total. The van der Waals surface area contributed by atoms with Gasteiger partial charge in [-0.1, -0.05) is 25.1 Å². The molecule has 1 fully saturated rings. The van der Waals surface area contributed by atoms with E-state index in [0.717, 1.165) is 22.5 Å². The smallest absolute Gasteiger partial charge is 0.249 e. The van der Waals surface area contributed by atoms with Crippen LogP contribution in [-0.2, 0) is 10.0 Å². The predicted octanol–water partition coefficient (Wildman–Crippen LogP) is 2.54. The van der Waals surface area contributed by atoms with E-state index in [0.29, 0.717) is 24.8 Å². The lowest BCUT2D eigenvalue weighted by atomic mass is 10.2. The first-order valence-corrected chi connectivity index (χ1v) is 10.2. The number of nitrogens with zero attached hydrogens (tertiary/aromatic N) is 4. The monoisotopic (exact) mass is 400 g/mol. The molecule has 10 heteroatoms. The van der Waals surface area contributed by atoms with Gasteiger partial charge in [0.05, 0.1) is 6.04 Å². The Morgan fingerprint density at radius 1 is 1.07 bits per heavy atom. The molecular formula is C17H22F2N4O3S. The Balaban J connectivity index is 1.71. The maximum Gasteiger partial charge on any atom is 0.249 e. The highest BCUT2D eigenvalue weighted by atomic mass is 32.2. The van der Waals surface area contributed by atoms with E-state index >= 15 is 0 Å². The number of sulfonamides is 1. The van der Waals surface area contributed by atoms with Gasteiger partial charge >= 0.3 is 0 Å². The molecule has 0 radical (unpaired) electrons. The lowest BCUT2D eigenvalue weighted by Crippen LogP contribution is -2.49. The van der Waals surface area contributed by atoms with Gasteiger partial charge < -0.3 is 4.52 Å². The predicted molar refractivity (Wildman–Crippen MR) is 93.5 cm³/mol. The molecule has 7 nitrogen and oxygen atoms in total. The van der Waals surface area contributed by atoms with Crippen LogP contribution in [0.15, 0.2) is 27.6 Å². The summed E-state index contributed by atoms with van der Waals surface area (Å²) in [6, 6.07) is 2.84. The Morgan fingerprint density at radius 3 is 2.19 bits per heavy atom. The van der Waals surface area contributed by atoms with Gasteiger partial charge in [0.1, 0.15) is 11.6 Å². The fraction of sp³-hybridized carbons (Fsp3) is 0.529. The summed E-state index contributed by atoms with van der Waals surface area (Å²) in [5.41, 5.74) is 0. The average molecular weight is 400 g/mol. The SMILES string of the molecule is CC(C)c1noc(C(C)N2CCN(S(=O)(=O)c3c(F)cccc3F)CC2)n1. The Labute approximate surface area is 157 Å². The quantitative estimate of drug-likeness (QED) is 0.767. The molecule has 0 saturated carbocycles. The molecular weight excluding hydrogens is 378 g/mol. The van der Waals surface area contributed by atoms with Gasteiger partial charge in [-0.25, -0.2) is 17.2 Å². The van der Waals surface area contributed by atoms with Crippen molar-refractivity contribution in [3.63, 3.8) is 0 Å². The molecule has 1 atom stereocenters. The minimum absolute atomic E-state index is 0.117. The second-order valence-electron chi connectivity index (χ2n) is 6.81. The molecule has 0 amide bonds. The molecule has 3 rings (SSSR count). The van der Waals surface area contributed by atoms with Crippen LogP contribution in [0.25, 0.3) is 0 Å². The minimum Gasteiger partial charge on any atom is -0.338 e. The van der Waals surface area contributed by atoms with Crippen LogP contribution < -0.4 is 0 Å². The summed E-state index contributed by atoms with van der Waals surface area (Å²) in [6.07, 6.45) is 0. The molecule has 0 spiro atoms. The van der Waals surface area contributed by atoms with Crippen LogP contribution in [-0.4, -0.2) is 53.9 Å². The average Bonchev–Trinajstić information content (AvgIpc) is 3.11. The number of rotatable bonds is 5. The van der Waals surface area contributed by atoms with Crippen LogP contribution >= 0.6 is 0 Å². The van der Waals surface area contributed by atoms with Gasteiger partial charge in [-0.3, -0.25) is 4.90 Å². The summed E-state index contributed by atoms with van der Waals surface area (Å²) >= 11 is 0. The van der Waals surface area contributed by atoms with Crippen LogP contribution in [0.1, 0.15) is 44.4 Å². The van der Waals surface area contributed by atoms with E-state index in [1.165, 1.54) is 0 Å². The van der Waals surface area contributed by atoms with E-state index in [4.69, 9.17) is 4.52 Å². The largest absolute Gasteiger partial charge is 0.338 e. The second-order valence-corrected chi connectivity index (χ2v) is 8.69. The number of aromatic nitrogens is 2.